The number of nitrogens with zero attached hydrogens (tertiary/aromatic N) is 1. The molecule has 0 atom stereocenters. The highest BCUT2D eigenvalue weighted by atomic mass is 32.1. The summed E-state index contributed by atoms with van der Waals surface area (Å²) in [7, 11) is 0. The van der Waals surface area contributed by atoms with Crippen molar-refractivity contribution in [2.45, 2.75) is 0 Å². The summed E-state index contributed by atoms with van der Waals surface area (Å²) in [6, 6.07) is 0. The first-order valence-electron chi connectivity index (χ1n) is 2.14. The fraction of sp³-hybridized carbons (Fsp3) is 0. The third-order valence-corrected chi connectivity index (χ3v) is 1.33. The molecule has 1 aromatic rings. The first-order valence-corrected chi connectivity index (χ1v) is 3.08. The maximum Gasteiger partial charge on any atom is 0.376 e. The van der Waals surface area contributed by atoms with E-state index in [4.69, 9.17) is 0 Å². The second-order valence-electron chi connectivity index (χ2n) is 1.28. The van der Waals surface area contributed by atoms with Crippen LogP contribution in [0.25, 0.3) is 0 Å². The van der Waals surface area contributed by atoms with Gasteiger partial charge in [0.15, 0.2) is 5.69 Å². The fourth-order valence-electron chi connectivity index (χ4n) is 0.374. The quantitative estimate of drug-likeness (QED) is 0.571. The van der Waals surface area contributed by atoms with Crippen LogP contribution in [0.3, 0.4) is 0 Å². The number of hydrogen-bond acceptors (Lipinski definition) is 5. The number of thiazole rings is 1. The molecular weight excluding hydrogens is 140 g/mol. The molecular formula is C4H4N2O2S. The topological polar surface area (TPSA) is 65.2 Å². The van der Waals surface area contributed by atoms with Gasteiger partial charge < -0.3 is 4.84 Å². The second-order valence-corrected chi connectivity index (χ2v) is 2.00. The molecule has 0 radical (unpaired) electrons. The van der Waals surface area contributed by atoms with Crippen molar-refractivity contribution < 1.29 is 9.63 Å². The molecule has 0 aliphatic heterocycles. The van der Waals surface area contributed by atoms with Crippen molar-refractivity contribution in [2.75, 3.05) is 0 Å². The predicted octanol–water partition coefficient (Wildman–Crippen LogP) is 0.174. The summed E-state index contributed by atoms with van der Waals surface area (Å²) in [4.78, 5) is 18.0. The molecule has 4 nitrogen and oxygen atoms in total. The summed E-state index contributed by atoms with van der Waals surface area (Å²) in [5.41, 5.74) is 1.79. The molecule has 0 saturated heterocycles. The SMILES string of the molecule is NOC(=O)c1cscn1. The third-order valence-electron chi connectivity index (χ3n) is 0.748. The molecule has 0 aliphatic carbocycles. The normalized spacial score (nSPS) is 9.00. The zero-order valence-electron chi connectivity index (χ0n) is 4.40. The second kappa shape index (κ2) is 2.56. The minimum absolute atomic E-state index is 0.252. The Kier molecular flexibility index (Phi) is 1.76. The highest BCUT2D eigenvalue weighted by molar-refractivity contribution is 7.07. The highest BCUT2D eigenvalue weighted by Crippen LogP contribution is 2.00. The molecule has 0 bridgehead atoms. The summed E-state index contributed by atoms with van der Waals surface area (Å²) >= 11 is 1.32. The van der Waals surface area contributed by atoms with Crippen molar-refractivity contribution in [1.29, 1.82) is 0 Å². The van der Waals surface area contributed by atoms with Crippen LogP contribution in [0.15, 0.2) is 10.9 Å². The van der Waals surface area contributed by atoms with E-state index in [-0.39, 0.29) is 5.69 Å². The average molecular weight is 144 g/mol. The van der Waals surface area contributed by atoms with Crippen LogP contribution in [0.5, 0.6) is 0 Å². The van der Waals surface area contributed by atoms with Gasteiger partial charge in [0, 0.05) is 5.38 Å². The molecule has 0 aromatic carbocycles. The van der Waals surface area contributed by atoms with E-state index in [1.165, 1.54) is 16.8 Å². The van der Waals surface area contributed by atoms with Crippen LogP contribution in [0, 0.1) is 0 Å². The number of hydrogen-bond donors (Lipinski definition) is 1. The first kappa shape index (κ1) is 6.18. The molecule has 0 spiro atoms. The average Bonchev–Trinajstić information content (AvgIpc) is 2.37. The van der Waals surface area contributed by atoms with E-state index in [9.17, 15) is 4.79 Å². The maximum atomic E-state index is 10.5. The summed E-state index contributed by atoms with van der Waals surface area (Å²) in [5.74, 6) is 3.98. The Morgan fingerprint density at radius 2 is 2.67 bits per heavy atom. The van der Waals surface area contributed by atoms with Crippen LogP contribution in [-0.2, 0) is 4.84 Å². The van der Waals surface area contributed by atoms with Gasteiger partial charge in [-0.3, -0.25) is 0 Å². The van der Waals surface area contributed by atoms with E-state index in [2.05, 4.69) is 15.7 Å². The van der Waals surface area contributed by atoms with E-state index in [1.807, 2.05) is 0 Å². The smallest absolute Gasteiger partial charge is 0.368 e. The third kappa shape index (κ3) is 1.24. The lowest BCUT2D eigenvalue weighted by atomic mass is 10.5. The zero-order valence-corrected chi connectivity index (χ0v) is 5.22. The Balaban J connectivity index is 2.77. The van der Waals surface area contributed by atoms with Gasteiger partial charge in [0.1, 0.15) is 0 Å². The van der Waals surface area contributed by atoms with Crippen LogP contribution in [-0.4, -0.2) is 11.0 Å². The zero-order chi connectivity index (χ0) is 6.69. The van der Waals surface area contributed by atoms with Gasteiger partial charge in [-0.2, -0.15) is 5.90 Å². The summed E-state index contributed by atoms with van der Waals surface area (Å²) < 4.78 is 0. The molecule has 48 valence electrons. The molecule has 0 aliphatic rings. The van der Waals surface area contributed by atoms with Gasteiger partial charge in [0.05, 0.1) is 5.51 Å². The first-order chi connectivity index (χ1) is 4.34. The van der Waals surface area contributed by atoms with Gasteiger partial charge >= 0.3 is 5.97 Å². The van der Waals surface area contributed by atoms with Crippen LogP contribution in [0.4, 0.5) is 0 Å². The van der Waals surface area contributed by atoms with Gasteiger partial charge in [-0.25, -0.2) is 9.78 Å². The summed E-state index contributed by atoms with van der Waals surface area (Å²) in [6.45, 7) is 0. The van der Waals surface area contributed by atoms with Crippen LogP contribution in [0.2, 0.25) is 0 Å². The lowest BCUT2D eigenvalue weighted by molar-refractivity contribution is 0.0497. The van der Waals surface area contributed by atoms with Crippen molar-refractivity contribution in [2.24, 2.45) is 5.90 Å². The fourth-order valence-corrected chi connectivity index (χ4v) is 0.895. The Morgan fingerprint density at radius 1 is 1.89 bits per heavy atom. The standard InChI is InChI=1S/C4H4N2O2S/c5-8-4(7)3-1-9-2-6-3/h1-2H,5H2. The molecule has 0 fully saturated rings. The summed E-state index contributed by atoms with van der Waals surface area (Å²) in [6.07, 6.45) is 0. The van der Waals surface area contributed by atoms with Crippen molar-refractivity contribution in [3.63, 3.8) is 0 Å². The van der Waals surface area contributed by atoms with E-state index in [1.54, 1.807) is 5.38 Å². The molecule has 1 rings (SSSR count). The molecule has 1 aromatic heterocycles. The van der Waals surface area contributed by atoms with Gasteiger partial charge in [0.2, 0.25) is 0 Å². The van der Waals surface area contributed by atoms with Crippen LogP contribution in [0.1, 0.15) is 10.5 Å². The predicted molar refractivity (Wildman–Crippen MR) is 31.7 cm³/mol. The lowest BCUT2D eigenvalue weighted by Gasteiger charge is -1.88. The van der Waals surface area contributed by atoms with Crippen molar-refractivity contribution in [1.82, 2.24) is 4.98 Å². The van der Waals surface area contributed by atoms with Gasteiger partial charge in [-0.15, -0.1) is 11.3 Å². The van der Waals surface area contributed by atoms with Gasteiger partial charge in [-0.05, 0) is 0 Å². The van der Waals surface area contributed by atoms with E-state index >= 15 is 0 Å². The minimum atomic E-state index is -0.601. The molecule has 5 heteroatoms. The Bertz CT molecular complexity index is 196. The number of rotatable bonds is 1. The Morgan fingerprint density at radius 3 is 3.11 bits per heavy atom. The minimum Gasteiger partial charge on any atom is -0.368 e. The van der Waals surface area contributed by atoms with E-state index < -0.39 is 5.97 Å². The van der Waals surface area contributed by atoms with Crippen LogP contribution >= 0.6 is 11.3 Å². The van der Waals surface area contributed by atoms with Gasteiger partial charge in [-0.1, -0.05) is 0 Å². The van der Waals surface area contributed by atoms with Crippen molar-refractivity contribution in [3.8, 4) is 0 Å². The van der Waals surface area contributed by atoms with Crippen LogP contribution < -0.4 is 5.90 Å². The van der Waals surface area contributed by atoms with Crippen molar-refractivity contribution >= 4 is 17.3 Å². The van der Waals surface area contributed by atoms with Crippen molar-refractivity contribution in [3.05, 3.63) is 16.6 Å². The largest absolute Gasteiger partial charge is 0.376 e. The Hall–Kier alpha value is -0.940. The number of carbonyl (C=O) groups excluding carboxylic acids is 1. The molecule has 0 saturated carbocycles. The van der Waals surface area contributed by atoms with E-state index in [0.29, 0.717) is 0 Å². The monoisotopic (exact) mass is 144 g/mol. The maximum absolute atomic E-state index is 10.5. The molecule has 0 unspecified atom stereocenters. The number of carbonyl (C=O) groups is 1. The molecule has 1 heterocycles. The number of nitrogens with two attached hydrogens (primary N) is 1. The lowest BCUT2D eigenvalue weighted by Crippen LogP contribution is -2.09. The molecule has 2 N–H and O–H groups in total. The van der Waals surface area contributed by atoms with E-state index in [0.717, 1.165) is 0 Å². The molecule has 0 amide bonds. The Labute approximate surface area is 55.2 Å². The summed E-state index contributed by atoms with van der Waals surface area (Å²) in [5, 5.41) is 1.56. The highest BCUT2D eigenvalue weighted by Gasteiger charge is 2.05. The molecule has 9 heavy (non-hydrogen) atoms. The number of aromatic nitrogens is 1. The van der Waals surface area contributed by atoms with Gasteiger partial charge in [0.25, 0.3) is 0 Å².